The van der Waals surface area contributed by atoms with Gasteiger partial charge in [0.25, 0.3) is 0 Å². The van der Waals surface area contributed by atoms with Crippen LogP contribution in [0.5, 0.6) is 11.5 Å². The number of hydrogen-bond donors (Lipinski definition) is 1. The number of benzene rings is 2. The van der Waals surface area contributed by atoms with Crippen molar-refractivity contribution in [1.29, 1.82) is 0 Å². The normalized spacial score (nSPS) is 20.4. The third-order valence-corrected chi connectivity index (χ3v) is 8.03. The van der Waals surface area contributed by atoms with E-state index in [1.165, 1.54) is 21.5 Å². The molecule has 1 aliphatic heterocycles. The summed E-state index contributed by atoms with van der Waals surface area (Å²) < 4.78 is 9.83. The second-order valence-corrected chi connectivity index (χ2v) is 10.4. The largest absolute Gasteiger partial charge is 0.504 e. The van der Waals surface area contributed by atoms with E-state index in [0.717, 1.165) is 10.1 Å². The summed E-state index contributed by atoms with van der Waals surface area (Å²) in [5.41, 5.74) is 1.55. The van der Waals surface area contributed by atoms with E-state index in [0.29, 0.717) is 32.6 Å². The maximum atomic E-state index is 13.7. The van der Waals surface area contributed by atoms with Crippen LogP contribution in [0.1, 0.15) is 30.9 Å². The smallest absolute Gasteiger partial charge is 0.352 e. The van der Waals surface area contributed by atoms with E-state index in [9.17, 15) is 24.3 Å². The Morgan fingerprint density at radius 1 is 1.05 bits per heavy atom. The number of halogens is 1. The van der Waals surface area contributed by atoms with E-state index in [-0.39, 0.29) is 36.0 Å². The van der Waals surface area contributed by atoms with Crippen LogP contribution in [0.4, 0.5) is 0 Å². The molecule has 1 aromatic heterocycles. The van der Waals surface area contributed by atoms with Gasteiger partial charge in [0.05, 0.1) is 28.5 Å². The van der Waals surface area contributed by atoms with Crippen molar-refractivity contribution in [3.63, 3.8) is 0 Å². The summed E-state index contributed by atoms with van der Waals surface area (Å²) in [5, 5.41) is 10.3. The summed E-state index contributed by atoms with van der Waals surface area (Å²) in [7, 11) is 0. The maximum Gasteiger partial charge on any atom is 0.352 e. The molecular weight excluding hydrogens is 601 g/mol. The average Bonchev–Trinajstić information content (AvgIpc) is 3.18. The first kappa shape index (κ1) is 24.4. The van der Waals surface area contributed by atoms with E-state index in [1.54, 1.807) is 49.4 Å². The molecule has 2 atom stereocenters. The number of rotatable bonds is 4. The van der Waals surface area contributed by atoms with Gasteiger partial charge in [-0.15, -0.1) is 0 Å². The molecular formula is C28H22IN3O6. The van der Waals surface area contributed by atoms with E-state index in [1.807, 2.05) is 28.7 Å². The fourth-order valence-electron chi connectivity index (χ4n) is 5.63. The van der Waals surface area contributed by atoms with Crippen LogP contribution in [0.2, 0.25) is 0 Å². The highest BCUT2D eigenvalue weighted by atomic mass is 127. The van der Waals surface area contributed by atoms with E-state index < -0.39 is 23.3 Å². The van der Waals surface area contributed by atoms with E-state index >= 15 is 0 Å². The third-order valence-electron chi connectivity index (χ3n) is 7.23. The first-order valence-corrected chi connectivity index (χ1v) is 13.2. The molecule has 192 valence electrons. The maximum absolute atomic E-state index is 13.7. The SMILES string of the molecule is CCOc1cc([C@H]2C3=CCn4c(=O)n(-c5ccccc5)c(=O)n4[C@@H]3CC3=C2C(=O)C(I)=CC3=O)ccc1O. The molecule has 0 fully saturated rings. The van der Waals surface area contributed by atoms with Gasteiger partial charge in [-0.1, -0.05) is 30.3 Å². The first-order valence-electron chi connectivity index (χ1n) is 12.2. The molecule has 9 nitrogen and oxygen atoms in total. The first-order chi connectivity index (χ1) is 18.3. The zero-order chi connectivity index (χ0) is 26.7. The molecule has 2 aliphatic carbocycles. The topological polar surface area (TPSA) is 113 Å². The Hall–Kier alpha value is -3.93. The zero-order valence-corrected chi connectivity index (χ0v) is 22.4. The van der Waals surface area contributed by atoms with Crippen LogP contribution in [0.15, 0.2) is 90.6 Å². The number of para-hydroxylation sites is 1. The predicted octanol–water partition coefficient (Wildman–Crippen LogP) is 3.34. The van der Waals surface area contributed by atoms with Gasteiger partial charge in [-0.05, 0) is 64.9 Å². The number of Topliss-reactive ketones (excluding diaryl/α,β-unsaturated/α-hetero) is 1. The van der Waals surface area contributed by atoms with E-state index in [4.69, 9.17) is 4.74 Å². The van der Waals surface area contributed by atoms with Crippen molar-refractivity contribution in [3.8, 4) is 17.2 Å². The summed E-state index contributed by atoms with van der Waals surface area (Å²) >= 11 is 1.88. The lowest BCUT2D eigenvalue weighted by Crippen LogP contribution is -2.40. The molecule has 0 saturated carbocycles. The van der Waals surface area contributed by atoms with Gasteiger partial charge in [-0.2, -0.15) is 0 Å². The molecule has 0 radical (unpaired) electrons. The fraction of sp³-hybridized carbons (Fsp3) is 0.214. The van der Waals surface area contributed by atoms with Crippen molar-refractivity contribution in [1.82, 2.24) is 13.9 Å². The van der Waals surface area contributed by atoms with Crippen LogP contribution >= 0.6 is 22.6 Å². The minimum atomic E-state index is -0.658. The number of phenolic OH excluding ortho intramolecular Hbond substituents is 1. The van der Waals surface area contributed by atoms with Gasteiger partial charge in [0, 0.05) is 29.6 Å². The minimum Gasteiger partial charge on any atom is -0.504 e. The molecule has 3 aromatic rings. The van der Waals surface area contributed by atoms with Crippen LogP contribution in [0, 0.1) is 0 Å². The van der Waals surface area contributed by atoms with Gasteiger partial charge in [0.2, 0.25) is 0 Å². The summed E-state index contributed by atoms with van der Waals surface area (Å²) in [6.45, 7) is 2.25. The Balaban J connectivity index is 1.58. The van der Waals surface area contributed by atoms with Gasteiger partial charge in [0.1, 0.15) is 0 Å². The Kier molecular flexibility index (Phi) is 5.86. The fourth-order valence-corrected chi connectivity index (χ4v) is 6.20. The zero-order valence-electron chi connectivity index (χ0n) is 20.3. The molecule has 2 heterocycles. The number of aromatic nitrogens is 3. The van der Waals surface area contributed by atoms with Gasteiger partial charge in [0.15, 0.2) is 23.1 Å². The second-order valence-electron chi connectivity index (χ2n) is 9.26. The van der Waals surface area contributed by atoms with Crippen LogP contribution < -0.4 is 16.1 Å². The third kappa shape index (κ3) is 3.57. The number of ether oxygens (including phenoxy) is 1. The van der Waals surface area contributed by atoms with Crippen molar-refractivity contribution in [2.45, 2.75) is 31.8 Å². The Morgan fingerprint density at radius 3 is 2.55 bits per heavy atom. The van der Waals surface area contributed by atoms with Gasteiger partial charge in [-0.25, -0.2) is 23.5 Å². The van der Waals surface area contributed by atoms with Crippen LogP contribution in [0.25, 0.3) is 5.69 Å². The molecule has 10 heteroatoms. The van der Waals surface area contributed by atoms with Gasteiger partial charge in [-0.3, -0.25) is 9.59 Å². The average molecular weight is 623 g/mol. The quantitative estimate of drug-likeness (QED) is 0.271. The molecule has 3 aliphatic rings. The van der Waals surface area contributed by atoms with Gasteiger partial charge < -0.3 is 9.84 Å². The van der Waals surface area contributed by atoms with Crippen molar-refractivity contribution < 1.29 is 19.4 Å². The molecule has 1 N–H and O–H groups in total. The lowest BCUT2D eigenvalue weighted by molar-refractivity contribution is -0.115. The molecule has 0 spiro atoms. The van der Waals surface area contributed by atoms with Gasteiger partial charge >= 0.3 is 11.4 Å². The Bertz CT molecular complexity index is 1740. The number of nitrogens with zero attached hydrogens (tertiary/aromatic N) is 3. The highest BCUT2D eigenvalue weighted by Gasteiger charge is 2.45. The molecule has 0 saturated heterocycles. The number of fused-ring (bicyclic) bond motifs is 3. The summed E-state index contributed by atoms with van der Waals surface area (Å²) in [4.78, 5) is 53.8. The predicted molar refractivity (Wildman–Crippen MR) is 147 cm³/mol. The summed E-state index contributed by atoms with van der Waals surface area (Å²) in [5.74, 6) is -0.968. The molecule has 6 rings (SSSR count). The minimum absolute atomic E-state index is 0.0414. The number of aromatic hydroxyl groups is 1. The molecule has 0 amide bonds. The number of allylic oxidation sites excluding steroid dienone is 6. The Morgan fingerprint density at radius 2 is 1.82 bits per heavy atom. The molecule has 2 aromatic carbocycles. The lowest BCUT2D eigenvalue weighted by Gasteiger charge is -2.39. The second kappa shape index (κ2) is 9.12. The number of phenols is 1. The monoisotopic (exact) mass is 623 g/mol. The molecule has 0 unspecified atom stereocenters. The molecule has 0 bridgehead atoms. The number of hydrogen-bond acceptors (Lipinski definition) is 6. The van der Waals surface area contributed by atoms with E-state index in [2.05, 4.69) is 0 Å². The highest BCUT2D eigenvalue weighted by molar-refractivity contribution is 14.1. The summed E-state index contributed by atoms with van der Waals surface area (Å²) in [6.07, 6.45) is 3.30. The number of ketones is 2. The van der Waals surface area contributed by atoms with Crippen molar-refractivity contribution in [2.24, 2.45) is 0 Å². The van der Waals surface area contributed by atoms with Crippen molar-refractivity contribution >= 4 is 34.2 Å². The Labute approximate surface area is 230 Å². The highest BCUT2D eigenvalue weighted by Crippen LogP contribution is 2.51. The van der Waals surface area contributed by atoms with Crippen LogP contribution in [0.3, 0.4) is 0 Å². The standard InChI is InChI=1S/C28H22IN3O6/c1-2-38-23-12-15(8-9-21(23)33)24-17-10-11-30-27(36)31(16-6-4-3-5-7-16)28(37)32(30)20(17)13-18-22(34)14-19(29)26(35)25(18)24/h3-10,12,14,20,24,33H,2,11,13H2,1H3/t20-,24+/m1/s1. The van der Waals surface area contributed by atoms with Crippen molar-refractivity contribution in [2.75, 3.05) is 6.61 Å². The van der Waals surface area contributed by atoms with Crippen LogP contribution in [-0.4, -0.2) is 37.2 Å². The number of carbonyl (C=O) groups excluding carboxylic acids is 2. The van der Waals surface area contributed by atoms with Crippen LogP contribution in [-0.2, 0) is 16.1 Å². The van der Waals surface area contributed by atoms with Crippen molar-refractivity contribution in [3.05, 3.63) is 108 Å². The molecule has 38 heavy (non-hydrogen) atoms. The lowest BCUT2D eigenvalue weighted by atomic mass is 9.69. The summed E-state index contributed by atoms with van der Waals surface area (Å²) in [6, 6.07) is 12.9. The number of carbonyl (C=O) groups is 2.